The number of rotatable bonds is 4. The number of hydrogen-bond donors (Lipinski definition) is 3. The van der Waals surface area contributed by atoms with E-state index in [0.717, 1.165) is 0 Å². The van der Waals surface area contributed by atoms with Crippen molar-refractivity contribution in [3.63, 3.8) is 0 Å². The van der Waals surface area contributed by atoms with Crippen molar-refractivity contribution in [3.8, 4) is 0 Å². The molecule has 0 aliphatic rings. The van der Waals surface area contributed by atoms with Gasteiger partial charge >= 0.3 is 0 Å². The third kappa shape index (κ3) is 7.36. The Labute approximate surface area is 54.9 Å². The molecule has 0 aromatic rings. The minimum Gasteiger partial charge on any atom is -0.366 e. The third-order valence-corrected chi connectivity index (χ3v) is 0.717. The largest absolute Gasteiger partial charge is 0.366 e. The van der Waals surface area contributed by atoms with E-state index in [2.05, 4.69) is 11.9 Å². The van der Waals surface area contributed by atoms with Gasteiger partial charge in [-0.05, 0) is 0 Å². The Morgan fingerprint density at radius 2 is 2.44 bits per heavy atom. The average molecular weight is 128 g/mol. The van der Waals surface area contributed by atoms with E-state index in [4.69, 9.17) is 10.8 Å². The molecule has 3 heteroatoms. The van der Waals surface area contributed by atoms with Crippen LogP contribution in [0.3, 0.4) is 0 Å². The summed E-state index contributed by atoms with van der Waals surface area (Å²) >= 11 is 0. The molecule has 1 atom stereocenters. The molecule has 3 nitrogen and oxygen atoms in total. The molecular formula is C6H12N2O. The summed E-state index contributed by atoms with van der Waals surface area (Å²) in [6.07, 6.45) is 4.31. The van der Waals surface area contributed by atoms with Gasteiger partial charge in [0.2, 0.25) is 0 Å². The standard InChI is InChI=1S/C6H12N2O/c1-2-3-4-5-8-6(7)9/h2-4,6,8-9H,1,5,7H2/b4-3-/t6-/m0/s1. The van der Waals surface area contributed by atoms with E-state index in [9.17, 15) is 0 Å². The van der Waals surface area contributed by atoms with Gasteiger partial charge in [-0.1, -0.05) is 24.8 Å². The quantitative estimate of drug-likeness (QED) is 0.355. The molecule has 0 aliphatic carbocycles. The first-order valence-electron chi connectivity index (χ1n) is 2.72. The lowest BCUT2D eigenvalue weighted by atomic mass is 10.5. The van der Waals surface area contributed by atoms with Gasteiger partial charge in [0.25, 0.3) is 0 Å². The van der Waals surface area contributed by atoms with Crippen molar-refractivity contribution < 1.29 is 5.11 Å². The van der Waals surface area contributed by atoms with E-state index < -0.39 is 6.35 Å². The second-order valence-corrected chi connectivity index (χ2v) is 1.52. The van der Waals surface area contributed by atoms with Crippen molar-refractivity contribution in [2.24, 2.45) is 5.73 Å². The minimum atomic E-state index is -0.931. The summed E-state index contributed by atoms with van der Waals surface area (Å²) in [5, 5.41) is 11.0. The first-order chi connectivity index (χ1) is 4.27. The van der Waals surface area contributed by atoms with Crippen LogP contribution in [0, 0.1) is 0 Å². The highest BCUT2D eigenvalue weighted by Gasteiger charge is 1.86. The summed E-state index contributed by atoms with van der Waals surface area (Å²) in [6, 6.07) is 0. The van der Waals surface area contributed by atoms with E-state index in [1.807, 2.05) is 6.08 Å². The number of nitrogens with two attached hydrogens (primary N) is 1. The van der Waals surface area contributed by atoms with Crippen molar-refractivity contribution >= 4 is 0 Å². The van der Waals surface area contributed by atoms with Crippen molar-refractivity contribution in [1.29, 1.82) is 0 Å². The first kappa shape index (κ1) is 8.36. The molecule has 0 heterocycles. The first-order valence-corrected chi connectivity index (χ1v) is 2.72. The van der Waals surface area contributed by atoms with Gasteiger partial charge in [0, 0.05) is 6.54 Å². The molecule has 0 spiro atoms. The fourth-order valence-electron chi connectivity index (χ4n) is 0.353. The highest BCUT2D eigenvalue weighted by molar-refractivity contribution is 4.97. The lowest BCUT2D eigenvalue weighted by Gasteiger charge is -2.01. The molecule has 0 radical (unpaired) electrons. The molecule has 0 rings (SSSR count). The zero-order valence-corrected chi connectivity index (χ0v) is 5.25. The molecule has 4 N–H and O–H groups in total. The summed E-state index contributed by atoms with van der Waals surface area (Å²) in [4.78, 5) is 0. The van der Waals surface area contributed by atoms with Crippen molar-refractivity contribution in [2.75, 3.05) is 6.54 Å². The smallest absolute Gasteiger partial charge is 0.158 e. The normalized spacial score (nSPS) is 14.0. The Balaban J connectivity index is 3.08. The van der Waals surface area contributed by atoms with Gasteiger partial charge in [-0.2, -0.15) is 0 Å². The van der Waals surface area contributed by atoms with E-state index in [0.29, 0.717) is 6.54 Å². The zero-order valence-electron chi connectivity index (χ0n) is 5.25. The van der Waals surface area contributed by atoms with Gasteiger partial charge in [-0.25, -0.2) is 0 Å². The predicted octanol–water partition coefficient (Wildman–Crippen LogP) is -0.447. The van der Waals surface area contributed by atoms with Gasteiger partial charge in [0.05, 0.1) is 0 Å². The fraction of sp³-hybridized carbons (Fsp3) is 0.333. The highest BCUT2D eigenvalue weighted by Crippen LogP contribution is 1.70. The molecule has 0 saturated heterocycles. The van der Waals surface area contributed by atoms with Gasteiger partial charge in [0.15, 0.2) is 6.35 Å². The molecule has 0 amide bonds. The van der Waals surface area contributed by atoms with Crippen LogP contribution in [0.4, 0.5) is 0 Å². The van der Waals surface area contributed by atoms with Crippen LogP contribution in [-0.2, 0) is 0 Å². The summed E-state index contributed by atoms with van der Waals surface area (Å²) in [5.74, 6) is 0. The molecule has 52 valence electrons. The average Bonchev–Trinajstić information content (AvgIpc) is 1.80. The molecule has 9 heavy (non-hydrogen) atoms. The Hall–Kier alpha value is -0.640. The highest BCUT2D eigenvalue weighted by atomic mass is 16.3. The molecular weight excluding hydrogens is 116 g/mol. The predicted molar refractivity (Wildman–Crippen MR) is 37.5 cm³/mol. The van der Waals surface area contributed by atoms with Gasteiger partial charge in [0.1, 0.15) is 0 Å². The fourth-order valence-corrected chi connectivity index (χ4v) is 0.353. The van der Waals surface area contributed by atoms with Crippen LogP contribution in [0.2, 0.25) is 0 Å². The molecule has 0 aromatic heterocycles. The Morgan fingerprint density at radius 3 is 2.89 bits per heavy atom. The monoisotopic (exact) mass is 128 g/mol. The third-order valence-electron chi connectivity index (χ3n) is 0.717. The van der Waals surface area contributed by atoms with Gasteiger partial charge in [-0.3, -0.25) is 11.1 Å². The van der Waals surface area contributed by atoms with Crippen LogP contribution in [0.1, 0.15) is 0 Å². The number of allylic oxidation sites excluding steroid dienone is 2. The van der Waals surface area contributed by atoms with Crippen LogP contribution < -0.4 is 11.1 Å². The molecule has 0 bridgehead atoms. The maximum absolute atomic E-state index is 8.46. The number of aliphatic hydroxyl groups excluding tert-OH is 1. The van der Waals surface area contributed by atoms with Crippen LogP contribution in [0.5, 0.6) is 0 Å². The summed E-state index contributed by atoms with van der Waals surface area (Å²) in [5.41, 5.74) is 4.96. The SMILES string of the molecule is C=C/C=C\CN[C@H](N)O. The Bertz CT molecular complexity index is 99.2. The summed E-state index contributed by atoms with van der Waals surface area (Å²) < 4.78 is 0. The molecule has 0 saturated carbocycles. The van der Waals surface area contributed by atoms with E-state index >= 15 is 0 Å². The van der Waals surface area contributed by atoms with Crippen LogP contribution in [0.15, 0.2) is 24.8 Å². The Kier molecular flexibility index (Phi) is 5.11. The zero-order chi connectivity index (χ0) is 7.11. The maximum Gasteiger partial charge on any atom is 0.158 e. The molecule has 0 unspecified atom stereocenters. The Morgan fingerprint density at radius 1 is 1.78 bits per heavy atom. The van der Waals surface area contributed by atoms with Crippen LogP contribution in [0.25, 0.3) is 0 Å². The topological polar surface area (TPSA) is 58.3 Å². The van der Waals surface area contributed by atoms with E-state index in [1.165, 1.54) is 0 Å². The molecule has 0 fully saturated rings. The minimum absolute atomic E-state index is 0.559. The number of nitrogens with one attached hydrogen (secondary N) is 1. The van der Waals surface area contributed by atoms with E-state index in [1.54, 1.807) is 12.2 Å². The van der Waals surface area contributed by atoms with Gasteiger partial charge < -0.3 is 5.11 Å². The lowest BCUT2D eigenvalue weighted by molar-refractivity contribution is 0.149. The number of aliphatic hydroxyl groups is 1. The second kappa shape index (κ2) is 5.50. The van der Waals surface area contributed by atoms with Crippen LogP contribution >= 0.6 is 0 Å². The summed E-state index contributed by atoms with van der Waals surface area (Å²) in [6.45, 7) is 4.03. The van der Waals surface area contributed by atoms with E-state index in [-0.39, 0.29) is 0 Å². The van der Waals surface area contributed by atoms with Gasteiger partial charge in [-0.15, -0.1) is 0 Å². The second-order valence-electron chi connectivity index (χ2n) is 1.52. The van der Waals surface area contributed by atoms with Crippen molar-refractivity contribution in [2.45, 2.75) is 6.35 Å². The number of hydrogen-bond acceptors (Lipinski definition) is 3. The van der Waals surface area contributed by atoms with Crippen molar-refractivity contribution in [3.05, 3.63) is 24.8 Å². The van der Waals surface area contributed by atoms with Crippen molar-refractivity contribution in [1.82, 2.24) is 5.32 Å². The molecule has 0 aromatic carbocycles. The molecule has 0 aliphatic heterocycles. The summed E-state index contributed by atoms with van der Waals surface area (Å²) in [7, 11) is 0. The maximum atomic E-state index is 8.46. The van der Waals surface area contributed by atoms with Crippen LogP contribution in [-0.4, -0.2) is 18.0 Å². The lowest BCUT2D eigenvalue weighted by Crippen LogP contribution is -2.36.